The van der Waals surface area contributed by atoms with Crippen LogP contribution in [0.5, 0.6) is 0 Å². The van der Waals surface area contributed by atoms with Gasteiger partial charge in [-0.3, -0.25) is 4.98 Å². The minimum absolute atomic E-state index is 0.161. The summed E-state index contributed by atoms with van der Waals surface area (Å²) in [6.45, 7) is 4.06. The summed E-state index contributed by atoms with van der Waals surface area (Å²) in [5.41, 5.74) is 1.25. The highest BCUT2D eigenvalue weighted by Crippen LogP contribution is 2.35. The van der Waals surface area contributed by atoms with Gasteiger partial charge >= 0.3 is 6.18 Å². The molecule has 2 heterocycles. The van der Waals surface area contributed by atoms with Crippen molar-refractivity contribution in [3.05, 3.63) is 58.8 Å². The first kappa shape index (κ1) is 21.0. The Hall–Kier alpha value is -2.68. The molecule has 0 spiro atoms. The Morgan fingerprint density at radius 1 is 1.07 bits per heavy atom. The summed E-state index contributed by atoms with van der Waals surface area (Å²) in [6.07, 6.45) is -0.189. The first-order valence-corrected chi connectivity index (χ1v) is 9.75. The molecule has 9 heteroatoms. The fourth-order valence-corrected chi connectivity index (χ4v) is 2.98. The Labute approximate surface area is 174 Å². The van der Waals surface area contributed by atoms with Crippen LogP contribution < -0.4 is 10.6 Å². The molecule has 5 nitrogen and oxygen atoms in total. The van der Waals surface area contributed by atoms with E-state index in [1.165, 1.54) is 6.07 Å². The SMILES string of the molecule is CC[C@H](C)Nc1nc(Nc2ccc(C(F)(F)F)cc2Br)cc(-c2ccncc2)n1. The number of nitrogens with one attached hydrogen (secondary N) is 2. The zero-order chi connectivity index (χ0) is 21.0. The molecule has 152 valence electrons. The largest absolute Gasteiger partial charge is 0.416 e. The second-order valence-electron chi connectivity index (χ2n) is 6.47. The van der Waals surface area contributed by atoms with E-state index < -0.39 is 11.7 Å². The summed E-state index contributed by atoms with van der Waals surface area (Å²) in [5, 5.41) is 6.30. The van der Waals surface area contributed by atoms with Crippen molar-refractivity contribution in [3.63, 3.8) is 0 Å². The van der Waals surface area contributed by atoms with Gasteiger partial charge in [0.15, 0.2) is 0 Å². The number of alkyl halides is 3. The second kappa shape index (κ2) is 8.77. The molecule has 0 aliphatic rings. The summed E-state index contributed by atoms with van der Waals surface area (Å²) < 4.78 is 39.0. The highest BCUT2D eigenvalue weighted by molar-refractivity contribution is 9.10. The number of rotatable bonds is 6. The molecule has 0 fully saturated rings. The van der Waals surface area contributed by atoms with E-state index in [2.05, 4.69) is 41.5 Å². The van der Waals surface area contributed by atoms with Gasteiger partial charge in [-0.25, -0.2) is 4.98 Å². The van der Waals surface area contributed by atoms with Gasteiger partial charge in [0.1, 0.15) is 5.82 Å². The van der Waals surface area contributed by atoms with Crippen LogP contribution >= 0.6 is 15.9 Å². The topological polar surface area (TPSA) is 62.7 Å². The molecule has 0 saturated carbocycles. The van der Waals surface area contributed by atoms with E-state index in [-0.39, 0.29) is 10.5 Å². The lowest BCUT2D eigenvalue weighted by Crippen LogP contribution is -2.16. The van der Waals surface area contributed by atoms with Crippen LogP contribution in [0.2, 0.25) is 0 Å². The summed E-state index contributed by atoms with van der Waals surface area (Å²) in [5.74, 6) is 0.886. The van der Waals surface area contributed by atoms with Gasteiger partial charge < -0.3 is 10.6 Å². The van der Waals surface area contributed by atoms with Gasteiger partial charge in [0.05, 0.1) is 16.9 Å². The van der Waals surface area contributed by atoms with Crippen LogP contribution in [-0.2, 0) is 6.18 Å². The molecule has 1 aromatic carbocycles. The fraction of sp³-hybridized carbons (Fsp3) is 0.250. The highest BCUT2D eigenvalue weighted by Gasteiger charge is 2.30. The quantitative estimate of drug-likeness (QED) is 0.448. The van der Waals surface area contributed by atoms with Gasteiger partial charge in [-0.05, 0) is 59.6 Å². The molecule has 3 aromatic rings. The standard InChI is InChI=1S/C20H19BrF3N5/c1-3-12(2)26-19-28-17(13-6-8-25-9-7-13)11-18(29-19)27-16-5-4-14(10-15(16)21)20(22,23)24/h4-12H,3H2,1-2H3,(H2,26,27,28,29)/t12-/m0/s1. The third-order valence-electron chi connectivity index (χ3n) is 4.25. The third kappa shape index (κ3) is 5.44. The van der Waals surface area contributed by atoms with Crippen LogP contribution in [-0.4, -0.2) is 21.0 Å². The van der Waals surface area contributed by atoms with Gasteiger partial charge in [-0.1, -0.05) is 6.92 Å². The predicted molar refractivity (Wildman–Crippen MR) is 111 cm³/mol. The first-order chi connectivity index (χ1) is 13.8. The Morgan fingerprint density at radius 3 is 2.41 bits per heavy atom. The smallest absolute Gasteiger partial charge is 0.352 e. The molecule has 0 aliphatic heterocycles. The zero-order valence-corrected chi connectivity index (χ0v) is 17.3. The van der Waals surface area contributed by atoms with Gasteiger partial charge in [0.25, 0.3) is 0 Å². The molecule has 0 bridgehead atoms. The molecule has 0 saturated heterocycles. The summed E-state index contributed by atoms with van der Waals surface area (Å²) >= 11 is 3.20. The van der Waals surface area contributed by atoms with Crippen LogP contribution in [0.15, 0.2) is 53.3 Å². The van der Waals surface area contributed by atoms with Crippen molar-refractivity contribution in [1.29, 1.82) is 0 Å². The van der Waals surface area contributed by atoms with Crippen molar-refractivity contribution in [2.24, 2.45) is 0 Å². The minimum Gasteiger partial charge on any atom is -0.352 e. The molecule has 1 atom stereocenters. The van der Waals surface area contributed by atoms with Gasteiger partial charge in [0.2, 0.25) is 5.95 Å². The van der Waals surface area contributed by atoms with Crippen molar-refractivity contribution in [2.45, 2.75) is 32.5 Å². The molecule has 0 radical (unpaired) electrons. The molecule has 29 heavy (non-hydrogen) atoms. The van der Waals surface area contributed by atoms with E-state index in [4.69, 9.17) is 0 Å². The monoisotopic (exact) mass is 465 g/mol. The lowest BCUT2D eigenvalue weighted by Gasteiger charge is -2.15. The molecular formula is C20H19BrF3N5. The van der Waals surface area contributed by atoms with E-state index in [0.717, 1.165) is 24.1 Å². The van der Waals surface area contributed by atoms with E-state index in [9.17, 15) is 13.2 Å². The average molecular weight is 466 g/mol. The van der Waals surface area contributed by atoms with Crippen molar-refractivity contribution in [1.82, 2.24) is 15.0 Å². The molecule has 0 aliphatic carbocycles. The van der Waals surface area contributed by atoms with Gasteiger partial charge in [-0.2, -0.15) is 18.2 Å². The summed E-state index contributed by atoms with van der Waals surface area (Å²) in [4.78, 5) is 13.0. The Kier molecular flexibility index (Phi) is 6.36. The van der Waals surface area contributed by atoms with Crippen molar-refractivity contribution < 1.29 is 13.2 Å². The van der Waals surface area contributed by atoms with E-state index >= 15 is 0 Å². The number of nitrogens with zero attached hydrogens (tertiary/aromatic N) is 3. The molecular weight excluding hydrogens is 447 g/mol. The fourth-order valence-electron chi connectivity index (χ4n) is 2.50. The maximum Gasteiger partial charge on any atom is 0.416 e. The Balaban J connectivity index is 1.97. The Morgan fingerprint density at radius 2 is 1.79 bits per heavy atom. The number of hydrogen-bond donors (Lipinski definition) is 2. The van der Waals surface area contributed by atoms with Crippen LogP contribution in [0.25, 0.3) is 11.3 Å². The number of aromatic nitrogens is 3. The minimum atomic E-state index is -4.40. The molecule has 2 aromatic heterocycles. The molecule has 0 unspecified atom stereocenters. The van der Waals surface area contributed by atoms with E-state index in [1.807, 2.05) is 26.0 Å². The number of hydrogen-bond acceptors (Lipinski definition) is 5. The highest BCUT2D eigenvalue weighted by atomic mass is 79.9. The lowest BCUT2D eigenvalue weighted by atomic mass is 10.2. The van der Waals surface area contributed by atoms with Crippen molar-refractivity contribution in [3.8, 4) is 11.3 Å². The Bertz CT molecular complexity index is 980. The zero-order valence-electron chi connectivity index (χ0n) is 15.8. The predicted octanol–water partition coefficient (Wildman–Crippen LogP) is 6.27. The van der Waals surface area contributed by atoms with E-state index in [0.29, 0.717) is 23.1 Å². The summed E-state index contributed by atoms with van der Waals surface area (Å²) in [6, 6.07) is 8.97. The molecule has 3 rings (SSSR count). The normalized spacial score (nSPS) is 12.5. The molecule has 2 N–H and O–H groups in total. The number of anilines is 3. The maximum atomic E-state index is 12.9. The number of halogens is 4. The van der Waals surface area contributed by atoms with Crippen LogP contribution in [0, 0.1) is 0 Å². The van der Waals surface area contributed by atoms with Gasteiger partial charge in [-0.15, -0.1) is 0 Å². The van der Waals surface area contributed by atoms with Gasteiger partial charge in [0, 0.05) is 34.5 Å². The van der Waals surface area contributed by atoms with Crippen LogP contribution in [0.4, 0.5) is 30.6 Å². The lowest BCUT2D eigenvalue weighted by molar-refractivity contribution is -0.137. The van der Waals surface area contributed by atoms with Crippen molar-refractivity contribution >= 4 is 33.4 Å². The third-order valence-corrected chi connectivity index (χ3v) is 4.91. The van der Waals surface area contributed by atoms with Crippen LogP contribution in [0.1, 0.15) is 25.8 Å². The van der Waals surface area contributed by atoms with E-state index in [1.54, 1.807) is 18.5 Å². The van der Waals surface area contributed by atoms with Crippen LogP contribution in [0.3, 0.4) is 0 Å². The number of pyridine rings is 1. The second-order valence-corrected chi connectivity index (χ2v) is 7.32. The number of benzene rings is 1. The first-order valence-electron chi connectivity index (χ1n) is 8.96. The average Bonchev–Trinajstić information content (AvgIpc) is 2.69. The van der Waals surface area contributed by atoms with Crippen molar-refractivity contribution in [2.75, 3.05) is 10.6 Å². The molecule has 0 amide bonds. The summed E-state index contributed by atoms with van der Waals surface area (Å²) in [7, 11) is 0. The maximum absolute atomic E-state index is 12.9.